The van der Waals surface area contributed by atoms with E-state index in [9.17, 15) is 4.79 Å². The minimum absolute atomic E-state index is 0.165. The summed E-state index contributed by atoms with van der Waals surface area (Å²) in [5, 5.41) is 6.28. The Morgan fingerprint density at radius 2 is 2.06 bits per heavy atom. The quantitative estimate of drug-likeness (QED) is 0.650. The third-order valence-electron chi connectivity index (χ3n) is 3.14. The van der Waals surface area contributed by atoms with Gasteiger partial charge in [0, 0.05) is 51.7 Å². The van der Waals surface area contributed by atoms with Gasteiger partial charge in [0.15, 0.2) is 0 Å². The number of carbonyl (C=O) groups is 1. The molecule has 1 unspecified atom stereocenters. The third kappa shape index (κ3) is 6.00. The van der Waals surface area contributed by atoms with Gasteiger partial charge in [-0.2, -0.15) is 0 Å². The van der Waals surface area contributed by atoms with Crippen molar-refractivity contribution in [3.63, 3.8) is 0 Å². The van der Waals surface area contributed by atoms with Gasteiger partial charge < -0.3 is 15.5 Å². The van der Waals surface area contributed by atoms with Crippen molar-refractivity contribution >= 4 is 5.91 Å². The van der Waals surface area contributed by atoms with E-state index in [0.717, 1.165) is 39.3 Å². The first-order valence-corrected chi connectivity index (χ1v) is 6.46. The molecule has 1 heterocycles. The number of nitrogens with zero attached hydrogens (tertiary/aromatic N) is 2. The molecule has 1 atom stereocenters. The van der Waals surface area contributed by atoms with Crippen molar-refractivity contribution in [1.82, 2.24) is 20.4 Å². The molecule has 0 aromatic rings. The number of amides is 1. The third-order valence-corrected chi connectivity index (χ3v) is 3.14. The Morgan fingerprint density at radius 3 is 2.65 bits per heavy atom. The van der Waals surface area contributed by atoms with Crippen molar-refractivity contribution in [2.75, 3.05) is 53.4 Å². The second-order valence-electron chi connectivity index (χ2n) is 4.99. The summed E-state index contributed by atoms with van der Waals surface area (Å²) in [5.41, 5.74) is 0. The van der Waals surface area contributed by atoms with Crippen molar-refractivity contribution < 1.29 is 4.79 Å². The zero-order valence-corrected chi connectivity index (χ0v) is 11.3. The Kier molecular flexibility index (Phi) is 6.47. The van der Waals surface area contributed by atoms with Gasteiger partial charge in [0.25, 0.3) is 0 Å². The first-order chi connectivity index (χ1) is 8.09. The average molecular weight is 242 g/mol. The minimum Gasteiger partial charge on any atom is -0.355 e. The molecular weight excluding hydrogens is 216 g/mol. The van der Waals surface area contributed by atoms with Gasteiger partial charge in [-0.3, -0.25) is 9.69 Å². The molecule has 1 rings (SSSR count). The van der Waals surface area contributed by atoms with Crippen molar-refractivity contribution in [2.45, 2.75) is 19.4 Å². The van der Waals surface area contributed by atoms with Crippen LogP contribution in [0.25, 0.3) is 0 Å². The lowest BCUT2D eigenvalue weighted by molar-refractivity contribution is -0.122. The highest BCUT2D eigenvalue weighted by molar-refractivity contribution is 5.76. The lowest BCUT2D eigenvalue weighted by Gasteiger charge is -2.32. The molecular formula is C12H26N4O. The fourth-order valence-corrected chi connectivity index (χ4v) is 2.01. The first kappa shape index (κ1) is 14.4. The molecule has 1 fully saturated rings. The maximum Gasteiger partial charge on any atom is 0.221 e. The van der Waals surface area contributed by atoms with Crippen LogP contribution in [0.4, 0.5) is 0 Å². The molecule has 0 aromatic carbocycles. The number of piperazine rings is 1. The first-order valence-electron chi connectivity index (χ1n) is 6.46. The number of nitrogens with one attached hydrogen (secondary N) is 2. The molecule has 1 aliphatic heterocycles. The van der Waals surface area contributed by atoms with E-state index >= 15 is 0 Å². The Labute approximate surface area is 105 Å². The van der Waals surface area contributed by atoms with Crippen LogP contribution in [0.1, 0.15) is 13.3 Å². The number of likely N-dealkylation sites (N-methyl/N-ethyl adjacent to an activating group) is 1. The number of hydrogen-bond donors (Lipinski definition) is 2. The van der Waals surface area contributed by atoms with Crippen molar-refractivity contribution in [3.05, 3.63) is 0 Å². The number of rotatable bonds is 6. The normalized spacial score (nSPS) is 19.3. The summed E-state index contributed by atoms with van der Waals surface area (Å²) >= 11 is 0. The highest BCUT2D eigenvalue weighted by Crippen LogP contribution is 2.04. The molecule has 0 aromatic heterocycles. The molecule has 1 aliphatic rings. The standard InChI is InChI=1S/C12H26N4O/c1-11(16-8-4-13-5-9-16)10-12(17)14-6-7-15(2)3/h11,13H,4-10H2,1-3H3,(H,14,17). The number of carbonyl (C=O) groups excluding carboxylic acids is 1. The maximum absolute atomic E-state index is 11.7. The van der Waals surface area contributed by atoms with Gasteiger partial charge in [0.2, 0.25) is 5.91 Å². The highest BCUT2D eigenvalue weighted by Gasteiger charge is 2.18. The van der Waals surface area contributed by atoms with Gasteiger partial charge >= 0.3 is 0 Å². The monoisotopic (exact) mass is 242 g/mol. The summed E-state index contributed by atoms with van der Waals surface area (Å²) in [7, 11) is 4.02. The molecule has 0 spiro atoms. The van der Waals surface area contributed by atoms with E-state index in [1.54, 1.807) is 0 Å². The van der Waals surface area contributed by atoms with Crippen molar-refractivity contribution in [1.29, 1.82) is 0 Å². The fraction of sp³-hybridized carbons (Fsp3) is 0.917. The highest BCUT2D eigenvalue weighted by atomic mass is 16.1. The molecule has 0 saturated carbocycles. The van der Waals surface area contributed by atoms with Crippen LogP contribution < -0.4 is 10.6 Å². The Morgan fingerprint density at radius 1 is 1.41 bits per heavy atom. The number of hydrogen-bond acceptors (Lipinski definition) is 4. The summed E-state index contributed by atoms with van der Waals surface area (Å²) in [6.07, 6.45) is 0.605. The van der Waals surface area contributed by atoms with Gasteiger partial charge in [0.1, 0.15) is 0 Å². The van der Waals surface area contributed by atoms with Crippen LogP contribution in [0, 0.1) is 0 Å². The summed E-state index contributed by atoms with van der Waals surface area (Å²) in [5.74, 6) is 0.165. The lowest BCUT2D eigenvalue weighted by atomic mass is 10.1. The van der Waals surface area contributed by atoms with E-state index in [0.29, 0.717) is 12.5 Å². The predicted octanol–water partition coefficient (Wildman–Crippen LogP) is -0.652. The molecule has 100 valence electrons. The summed E-state index contributed by atoms with van der Waals surface area (Å²) < 4.78 is 0. The Hall–Kier alpha value is -0.650. The molecule has 5 nitrogen and oxygen atoms in total. The summed E-state index contributed by atoms with van der Waals surface area (Å²) in [6, 6.07) is 0.344. The zero-order chi connectivity index (χ0) is 12.7. The average Bonchev–Trinajstić information content (AvgIpc) is 2.29. The zero-order valence-electron chi connectivity index (χ0n) is 11.3. The van der Waals surface area contributed by atoms with Crippen LogP contribution in [-0.2, 0) is 4.79 Å². The van der Waals surface area contributed by atoms with Crippen molar-refractivity contribution in [2.24, 2.45) is 0 Å². The van der Waals surface area contributed by atoms with Gasteiger partial charge in [-0.1, -0.05) is 0 Å². The minimum atomic E-state index is 0.165. The SMILES string of the molecule is CC(CC(=O)NCCN(C)C)N1CCNCC1. The molecule has 0 radical (unpaired) electrons. The summed E-state index contributed by atoms with van der Waals surface area (Å²) in [4.78, 5) is 16.2. The molecule has 0 bridgehead atoms. The van der Waals surface area contributed by atoms with E-state index in [-0.39, 0.29) is 5.91 Å². The molecule has 2 N–H and O–H groups in total. The van der Waals surface area contributed by atoms with Gasteiger partial charge in [-0.25, -0.2) is 0 Å². The molecule has 1 amide bonds. The van der Waals surface area contributed by atoms with Crippen LogP contribution in [0.3, 0.4) is 0 Å². The van der Waals surface area contributed by atoms with Gasteiger partial charge in [-0.05, 0) is 21.0 Å². The Balaban J connectivity index is 2.15. The van der Waals surface area contributed by atoms with E-state index in [1.807, 2.05) is 14.1 Å². The van der Waals surface area contributed by atoms with Crippen molar-refractivity contribution in [3.8, 4) is 0 Å². The topological polar surface area (TPSA) is 47.6 Å². The maximum atomic E-state index is 11.7. The fourth-order valence-electron chi connectivity index (χ4n) is 2.01. The van der Waals surface area contributed by atoms with Gasteiger partial charge in [-0.15, -0.1) is 0 Å². The molecule has 17 heavy (non-hydrogen) atoms. The largest absolute Gasteiger partial charge is 0.355 e. The summed E-state index contributed by atoms with van der Waals surface area (Å²) in [6.45, 7) is 7.93. The molecule has 1 saturated heterocycles. The van der Waals surface area contributed by atoms with E-state index in [2.05, 4.69) is 27.4 Å². The van der Waals surface area contributed by atoms with E-state index in [4.69, 9.17) is 0 Å². The van der Waals surface area contributed by atoms with E-state index < -0.39 is 0 Å². The second-order valence-corrected chi connectivity index (χ2v) is 4.99. The lowest BCUT2D eigenvalue weighted by Crippen LogP contribution is -2.48. The molecule has 0 aliphatic carbocycles. The van der Waals surface area contributed by atoms with Crippen LogP contribution in [-0.4, -0.2) is 75.1 Å². The van der Waals surface area contributed by atoms with Crippen LogP contribution >= 0.6 is 0 Å². The van der Waals surface area contributed by atoms with E-state index in [1.165, 1.54) is 0 Å². The van der Waals surface area contributed by atoms with Crippen LogP contribution in [0.5, 0.6) is 0 Å². The van der Waals surface area contributed by atoms with Gasteiger partial charge in [0.05, 0.1) is 0 Å². The predicted molar refractivity (Wildman–Crippen MR) is 70.1 cm³/mol. The molecule has 5 heteroatoms. The smallest absolute Gasteiger partial charge is 0.221 e. The Bertz CT molecular complexity index is 227. The second kappa shape index (κ2) is 7.63. The van der Waals surface area contributed by atoms with Crippen LogP contribution in [0.2, 0.25) is 0 Å². The van der Waals surface area contributed by atoms with Crippen LogP contribution in [0.15, 0.2) is 0 Å².